The number of carbonyl (C=O) groups excluding carboxylic acids is 1. The zero-order valence-electron chi connectivity index (χ0n) is 15.8. The highest BCUT2D eigenvalue weighted by atomic mass is 35.5. The number of hydrogen-bond acceptors (Lipinski definition) is 3. The second kappa shape index (κ2) is 11.6. The summed E-state index contributed by atoms with van der Waals surface area (Å²) in [5.41, 5.74) is 1.06. The van der Waals surface area contributed by atoms with Crippen LogP contribution in [0.1, 0.15) is 18.4 Å². The van der Waals surface area contributed by atoms with Crippen LogP contribution in [-0.2, 0) is 11.2 Å². The van der Waals surface area contributed by atoms with Crippen LogP contribution in [0.2, 0.25) is 0 Å². The maximum atomic E-state index is 13.2. The highest BCUT2D eigenvalue weighted by molar-refractivity contribution is 5.85. The van der Waals surface area contributed by atoms with E-state index in [0.717, 1.165) is 57.5 Å². The summed E-state index contributed by atoms with van der Waals surface area (Å²) < 4.78 is 13.2. The summed E-state index contributed by atoms with van der Waals surface area (Å²) >= 11 is 0. The van der Waals surface area contributed by atoms with E-state index in [4.69, 9.17) is 0 Å². The van der Waals surface area contributed by atoms with Crippen molar-refractivity contribution in [2.45, 2.75) is 25.3 Å². The number of halogens is 3. The molecule has 152 valence electrons. The fourth-order valence-electron chi connectivity index (χ4n) is 3.72. The number of likely N-dealkylation sites (tertiary alicyclic amines) is 1. The van der Waals surface area contributed by atoms with Crippen molar-refractivity contribution in [1.29, 1.82) is 0 Å². The lowest BCUT2D eigenvalue weighted by atomic mass is 9.95. The van der Waals surface area contributed by atoms with E-state index in [9.17, 15) is 9.18 Å². The van der Waals surface area contributed by atoms with E-state index in [0.29, 0.717) is 5.92 Å². The smallest absolute Gasteiger partial charge is 0.243 e. The lowest BCUT2D eigenvalue weighted by Crippen LogP contribution is -2.45. The normalized spacial score (nSPS) is 20.0. The van der Waals surface area contributed by atoms with Gasteiger partial charge in [-0.2, -0.15) is 0 Å². The molecule has 0 saturated carbocycles. The minimum atomic E-state index is -0.157. The van der Waals surface area contributed by atoms with Gasteiger partial charge >= 0.3 is 0 Å². The van der Waals surface area contributed by atoms with Crippen LogP contribution in [-0.4, -0.2) is 61.5 Å². The molecular formula is C20H30Cl2FN3O. The van der Waals surface area contributed by atoms with Gasteiger partial charge in [-0.25, -0.2) is 4.39 Å². The van der Waals surface area contributed by atoms with Crippen molar-refractivity contribution in [3.63, 3.8) is 0 Å². The molecule has 1 amide bonds. The van der Waals surface area contributed by atoms with Gasteiger partial charge in [-0.3, -0.25) is 10.1 Å². The number of amides is 1. The number of benzene rings is 1. The van der Waals surface area contributed by atoms with Crippen molar-refractivity contribution in [3.05, 3.63) is 47.8 Å². The topological polar surface area (TPSA) is 35.6 Å². The minimum absolute atomic E-state index is 0. The Kier molecular flexibility index (Phi) is 10.3. The van der Waals surface area contributed by atoms with E-state index in [-0.39, 0.29) is 42.6 Å². The van der Waals surface area contributed by atoms with E-state index in [1.807, 2.05) is 30.2 Å². The largest absolute Gasteiger partial charge is 0.344 e. The molecule has 1 unspecified atom stereocenters. The maximum absolute atomic E-state index is 13.2. The molecule has 4 nitrogen and oxygen atoms in total. The molecule has 1 saturated heterocycles. The molecule has 0 aromatic heterocycles. The molecule has 1 aromatic carbocycles. The first-order chi connectivity index (χ1) is 12.1. The van der Waals surface area contributed by atoms with Crippen molar-refractivity contribution in [3.8, 4) is 0 Å². The Morgan fingerprint density at radius 2 is 2.04 bits per heavy atom. The van der Waals surface area contributed by atoms with Crippen molar-refractivity contribution < 1.29 is 9.18 Å². The van der Waals surface area contributed by atoms with Crippen molar-refractivity contribution in [1.82, 2.24) is 15.1 Å². The van der Waals surface area contributed by atoms with E-state index >= 15 is 0 Å². The molecule has 2 aliphatic heterocycles. The van der Waals surface area contributed by atoms with Gasteiger partial charge in [0.05, 0.1) is 0 Å². The number of rotatable bonds is 6. The Labute approximate surface area is 174 Å². The molecule has 1 aromatic rings. The molecule has 27 heavy (non-hydrogen) atoms. The maximum Gasteiger partial charge on any atom is 0.243 e. The Bertz CT molecular complexity index is 621. The van der Waals surface area contributed by atoms with Gasteiger partial charge < -0.3 is 9.80 Å². The van der Waals surface area contributed by atoms with Crippen LogP contribution in [0.25, 0.3) is 0 Å². The third-order valence-corrected chi connectivity index (χ3v) is 5.27. The Morgan fingerprint density at radius 3 is 2.67 bits per heavy atom. The molecule has 7 heteroatoms. The second-order valence-corrected chi connectivity index (χ2v) is 7.20. The third kappa shape index (κ3) is 7.07. The average molecular weight is 418 g/mol. The predicted octanol–water partition coefficient (Wildman–Crippen LogP) is 2.91. The lowest BCUT2D eigenvalue weighted by molar-refractivity contribution is -0.131. The quantitative estimate of drug-likeness (QED) is 0.722. The van der Waals surface area contributed by atoms with Crippen LogP contribution in [0, 0.1) is 11.7 Å². The summed E-state index contributed by atoms with van der Waals surface area (Å²) in [5.74, 6) is 0.586. The molecule has 0 spiro atoms. The summed E-state index contributed by atoms with van der Waals surface area (Å²) in [5, 5.41) is 3.18. The SMILES string of the molecule is CN(CC1CCN(CCc2cccc(F)c2)CC1)C(=O)C1C=CCN1.Cl.Cl. The van der Waals surface area contributed by atoms with Gasteiger partial charge in [0.1, 0.15) is 11.9 Å². The molecule has 1 fully saturated rings. The van der Waals surface area contributed by atoms with Crippen LogP contribution in [0.15, 0.2) is 36.4 Å². The van der Waals surface area contributed by atoms with Crippen molar-refractivity contribution in [2.75, 3.05) is 39.8 Å². The molecular weight excluding hydrogens is 388 g/mol. The Morgan fingerprint density at radius 1 is 1.30 bits per heavy atom. The first kappa shape index (κ1) is 23.9. The Hall–Kier alpha value is -1.14. The first-order valence-corrected chi connectivity index (χ1v) is 9.23. The number of nitrogens with zero attached hydrogens (tertiary/aromatic N) is 2. The molecule has 1 N–H and O–H groups in total. The second-order valence-electron chi connectivity index (χ2n) is 7.20. The fourth-order valence-corrected chi connectivity index (χ4v) is 3.72. The van der Waals surface area contributed by atoms with Gasteiger partial charge in [0.2, 0.25) is 5.91 Å². The summed E-state index contributed by atoms with van der Waals surface area (Å²) in [4.78, 5) is 16.7. The number of nitrogens with one attached hydrogen (secondary N) is 1. The van der Waals surface area contributed by atoms with Gasteiger partial charge in [0.25, 0.3) is 0 Å². The fraction of sp³-hybridized carbons (Fsp3) is 0.550. The summed E-state index contributed by atoms with van der Waals surface area (Å²) in [7, 11) is 1.91. The molecule has 0 radical (unpaired) electrons. The predicted molar refractivity (Wildman–Crippen MR) is 112 cm³/mol. The first-order valence-electron chi connectivity index (χ1n) is 9.23. The van der Waals surface area contributed by atoms with Crippen LogP contribution in [0.3, 0.4) is 0 Å². The van der Waals surface area contributed by atoms with Crippen LogP contribution < -0.4 is 5.32 Å². The van der Waals surface area contributed by atoms with Crippen LogP contribution in [0.4, 0.5) is 4.39 Å². The molecule has 2 aliphatic rings. The minimum Gasteiger partial charge on any atom is -0.344 e. The zero-order valence-corrected chi connectivity index (χ0v) is 17.4. The average Bonchev–Trinajstić information content (AvgIpc) is 3.15. The van der Waals surface area contributed by atoms with Crippen LogP contribution >= 0.6 is 24.8 Å². The monoisotopic (exact) mass is 417 g/mol. The van der Waals surface area contributed by atoms with Crippen LogP contribution in [0.5, 0.6) is 0 Å². The van der Waals surface area contributed by atoms with Crippen molar-refractivity contribution >= 4 is 30.7 Å². The molecule has 1 atom stereocenters. The summed E-state index contributed by atoms with van der Waals surface area (Å²) in [6.07, 6.45) is 7.09. The Balaban J connectivity index is 0.00000182. The van der Waals surface area contributed by atoms with Crippen molar-refractivity contribution in [2.24, 2.45) is 5.92 Å². The highest BCUT2D eigenvalue weighted by Crippen LogP contribution is 2.19. The van der Waals surface area contributed by atoms with E-state index in [1.165, 1.54) is 6.07 Å². The number of hydrogen-bond donors (Lipinski definition) is 1. The highest BCUT2D eigenvalue weighted by Gasteiger charge is 2.25. The molecule has 2 heterocycles. The standard InChI is InChI=1S/C20H28FN3O.2ClH/c1-23(20(25)19-6-3-10-22-19)15-17-8-12-24(13-9-17)11-7-16-4-2-5-18(21)14-16;;/h2-6,14,17,19,22H,7-13,15H2,1H3;2*1H. The van der Waals surface area contributed by atoms with Gasteiger partial charge in [-0.05, 0) is 56.0 Å². The van der Waals surface area contributed by atoms with Gasteiger partial charge in [0.15, 0.2) is 0 Å². The number of likely N-dealkylation sites (N-methyl/N-ethyl adjacent to an activating group) is 1. The third-order valence-electron chi connectivity index (χ3n) is 5.27. The number of carbonyl (C=O) groups is 1. The van der Waals surface area contributed by atoms with Gasteiger partial charge in [0, 0.05) is 26.7 Å². The molecule has 0 aliphatic carbocycles. The van der Waals surface area contributed by atoms with E-state index < -0.39 is 0 Å². The molecule has 3 rings (SSSR count). The van der Waals surface area contributed by atoms with E-state index in [1.54, 1.807) is 12.1 Å². The van der Waals surface area contributed by atoms with E-state index in [2.05, 4.69) is 10.2 Å². The number of piperidine rings is 1. The zero-order chi connectivity index (χ0) is 17.6. The van der Waals surface area contributed by atoms with Gasteiger partial charge in [-0.1, -0.05) is 24.3 Å². The van der Waals surface area contributed by atoms with Gasteiger partial charge in [-0.15, -0.1) is 24.8 Å². The summed E-state index contributed by atoms with van der Waals surface area (Å²) in [6.45, 7) is 4.71. The summed E-state index contributed by atoms with van der Waals surface area (Å²) in [6, 6.07) is 6.74. The lowest BCUT2D eigenvalue weighted by Gasteiger charge is -2.34. The molecule has 0 bridgehead atoms.